The molecule has 3 rings (SSSR count). The summed E-state index contributed by atoms with van der Waals surface area (Å²) in [6.07, 6.45) is 0.160. The second-order valence-corrected chi connectivity index (χ2v) is 8.09. The lowest BCUT2D eigenvalue weighted by Gasteiger charge is -2.56. The summed E-state index contributed by atoms with van der Waals surface area (Å²) in [7, 11) is 1.22. The van der Waals surface area contributed by atoms with Gasteiger partial charge in [0.05, 0.1) is 13.5 Å². The molecule has 1 N–H and O–H groups in total. The Labute approximate surface area is 166 Å². The number of fused-ring (bicyclic) bond motifs is 1. The third-order valence-corrected chi connectivity index (χ3v) is 6.38. The van der Waals surface area contributed by atoms with Gasteiger partial charge in [-0.15, -0.1) is 11.8 Å². The molecule has 4 atom stereocenters. The van der Waals surface area contributed by atoms with Gasteiger partial charge in [-0.05, 0) is 12.5 Å². The number of methoxy groups -OCH3 is 1. The highest BCUT2D eigenvalue weighted by Gasteiger charge is 2.63. The second-order valence-electron chi connectivity index (χ2n) is 6.99. The Morgan fingerprint density at radius 1 is 1.29 bits per heavy atom. The van der Waals surface area contributed by atoms with Gasteiger partial charge in [0.1, 0.15) is 17.0 Å². The molecule has 2 aliphatic heterocycles. The van der Waals surface area contributed by atoms with E-state index < -0.39 is 40.9 Å². The van der Waals surface area contributed by atoms with Crippen LogP contribution >= 0.6 is 11.8 Å². The fourth-order valence-electron chi connectivity index (χ4n) is 3.59. The standard InChI is InChI=1S/C19H22N2O6S/c1-11(22)27-19(2)10-28-17-14(16(24)21(17)15(19)18(25)26-3)20-13(23)9-12-7-5-4-6-8-12/h4-8,14-15,17H,9-10H2,1-3H3,(H,20,23)/t14?,15?,17-,19?/m1/s1. The van der Waals surface area contributed by atoms with Crippen molar-refractivity contribution in [2.24, 2.45) is 0 Å². The maximum absolute atomic E-state index is 12.7. The number of carbonyl (C=O) groups is 4. The summed E-state index contributed by atoms with van der Waals surface area (Å²) in [5, 5.41) is 2.33. The summed E-state index contributed by atoms with van der Waals surface area (Å²) in [6, 6.07) is 7.43. The highest BCUT2D eigenvalue weighted by molar-refractivity contribution is 8.00. The summed E-state index contributed by atoms with van der Waals surface area (Å²) in [5.41, 5.74) is -0.357. The molecule has 0 saturated carbocycles. The number of rotatable bonds is 5. The number of β-lactam (4-membered cyclic amide) rings is 1. The van der Waals surface area contributed by atoms with Crippen molar-refractivity contribution in [1.29, 1.82) is 0 Å². The van der Waals surface area contributed by atoms with Crippen molar-refractivity contribution in [1.82, 2.24) is 10.2 Å². The van der Waals surface area contributed by atoms with Crippen LogP contribution < -0.4 is 5.32 Å². The number of benzene rings is 1. The van der Waals surface area contributed by atoms with Gasteiger partial charge in [0.2, 0.25) is 11.8 Å². The summed E-state index contributed by atoms with van der Waals surface area (Å²) >= 11 is 1.36. The van der Waals surface area contributed by atoms with Crippen molar-refractivity contribution in [3.8, 4) is 0 Å². The van der Waals surface area contributed by atoms with Gasteiger partial charge in [0.25, 0.3) is 0 Å². The summed E-state index contributed by atoms with van der Waals surface area (Å²) < 4.78 is 10.2. The molecule has 2 heterocycles. The van der Waals surface area contributed by atoms with Crippen LogP contribution in [0.15, 0.2) is 30.3 Å². The molecule has 1 aromatic carbocycles. The monoisotopic (exact) mass is 406 g/mol. The van der Waals surface area contributed by atoms with Gasteiger partial charge in [-0.1, -0.05) is 30.3 Å². The van der Waals surface area contributed by atoms with E-state index in [1.54, 1.807) is 6.92 Å². The fraction of sp³-hybridized carbons (Fsp3) is 0.474. The van der Waals surface area contributed by atoms with E-state index in [0.717, 1.165) is 5.56 Å². The molecule has 0 spiro atoms. The first-order valence-corrected chi connectivity index (χ1v) is 9.86. The number of ether oxygens (including phenoxy) is 2. The first-order valence-electron chi connectivity index (χ1n) is 8.81. The van der Waals surface area contributed by atoms with Crippen LogP contribution in [0, 0.1) is 0 Å². The molecule has 0 aliphatic carbocycles. The Balaban J connectivity index is 1.72. The SMILES string of the molecule is COC(=O)C1N2C(=O)C(NC(=O)Cc3ccccc3)[C@H]2SCC1(C)OC(C)=O. The van der Waals surface area contributed by atoms with Gasteiger partial charge in [-0.2, -0.15) is 0 Å². The largest absolute Gasteiger partial charge is 0.467 e. The minimum Gasteiger partial charge on any atom is -0.467 e. The number of esters is 2. The van der Waals surface area contributed by atoms with Gasteiger partial charge in [0.15, 0.2) is 6.04 Å². The van der Waals surface area contributed by atoms with Crippen LogP contribution in [0.3, 0.4) is 0 Å². The van der Waals surface area contributed by atoms with Crippen molar-refractivity contribution < 1.29 is 28.7 Å². The van der Waals surface area contributed by atoms with Gasteiger partial charge >= 0.3 is 11.9 Å². The number of nitrogens with one attached hydrogen (secondary N) is 1. The van der Waals surface area contributed by atoms with E-state index >= 15 is 0 Å². The third-order valence-electron chi connectivity index (χ3n) is 4.80. The minimum atomic E-state index is -1.20. The molecule has 0 radical (unpaired) electrons. The molecule has 3 unspecified atom stereocenters. The highest BCUT2D eigenvalue weighted by Crippen LogP contribution is 2.44. The Morgan fingerprint density at radius 3 is 2.57 bits per heavy atom. The average Bonchev–Trinajstić information content (AvgIpc) is 2.65. The molecule has 2 aliphatic rings. The van der Waals surface area contributed by atoms with E-state index in [0.29, 0.717) is 5.75 Å². The molecule has 2 saturated heterocycles. The number of hydrogen-bond donors (Lipinski definition) is 1. The van der Waals surface area contributed by atoms with Gasteiger partial charge in [-0.25, -0.2) is 4.79 Å². The molecular formula is C19H22N2O6S. The Bertz CT molecular complexity index is 801. The minimum absolute atomic E-state index is 0.160. The average molecular weight is 406 g/mol. The molecule has 0 aromatic heterocycles. The molecule has 0 bridgehead atoms. The van der Waals surface area contributed by atoms with Crippen molar-refractivity contribution in [3.63, 3.8) is 0 Å². The van der Waals surface area contributed by atoms with E-state index in [1.807, 2.05) is 30.3 Å². The zero-order chi connectivity index (χ0) is 20.5. The molecule has 2 fully saturated rings. The van der Waals surface area contributed by atoms with Crippen LogP contribution in [0.4, 0.5) is 0 Å². The van der Waals surface area contributed by atoms with Crippen LogP contribution in [0.5, 0.6) is 0 Å². The third kappa shape index (κ3) is 3.71. The van der Waals surface area contributed by atoms with Crippen molar-refractivity contribution in [3.05, 3.63) is 35.9 Å². The van der Waals surface area contributed by atoms with E-state index in [9.17, 15) is 19.2 Å². The van der Waals surface area contributed by atoms with E-state index in [2.05, 4.69) is 5.32 Å². The van der Waals surface area contributed by atoms with Crippen molar-refractivity contribution in [2.75, 3.05) is 12.9 Å². The van der Waals surface area contributed by atoms with Crippen LogP contribution in [0.2, 0.25) is 0 Å². The quantitative estimate of drug-likeness (QED) is 0.561. The number of nitrogens with zero attached hydrogens (tertiary/aromatic N) is 1. The Hall–Kier alpha value is -2.55. The van der Waals surface area contributed by atoms with Crippen LogP contribution in [-0.4, -0.2) is 64.6 Å². The molecule has 1 aromatic rings. The van der Waals surface area contributed by atoms with Crippen molar-refractivity contribution >= 4 is 35.5 Å². The van der Waals surface area contributed by atoms with Gasteiger partial charge in [-0.3, -0.25) is 14.4 Å². The number of amides is 2. The number of hydrogen-bond acceptors (Lipinski definition) is 7. The van der Waals surface area contributed by atoms with E-state index in [-0.39, 0.29) is 12.3 Å². The smallest absolute Gasteiger partial charge is 0.332 e. The second kappa shape index (κ2) is 7.83. The lowest BCUT2D eigenvalue weighted by Crippen LogP contribution is -2.79. The van der Waals surface area contributed by atoms with Gasteiger partial charge < -0.3 is 19.7 Å². The van der Waals surface area contributed by atoms with Crippen LogP contribution in [0.1, 0.15) is 19.4 Å². The van der Waals surface area contributed by atoms with E-state index in [1.165, 1.54) is 30.7 Å². The lowest BCUT2D eigenvalue weighted by molar-refractivity contribution is -0.185. The maximum Gasteiger partial charge on any atom is 0.332 e. The zero-order valence-corrected chi connectivity index (χ0v) is 16.7. The van der Waals surface area contributed by atoms with Crippen molar-refractivity contribution in [2.45, 2.75) is 43.3 Å². The van der Waals surface area contributed by atoms with Crippen LogP contribution in [-0.2, 0) is 35.1 Å². The molecule has 2 amide bonds. The topological polar surface area (TPSA) is 102 Å². The maximum atomic E-state index is 12.7. The van der Waals surface area contributed by atoms with E-state index in [4.69, 9.17) is 9.47 Å². The predicted molar refractivity (Wildman–Crippen MR) is 101 cm³/mol. The molecular weight excluding hydrogens is 384 g/mol. The molecule has 9 heteroatoms. The predicted octanol–water partition coefficient (Wildman–Crippen LogP) is 0.492. The molecule has 150 valence electrons. The summed E-state index contributed by atoms with van der Waals surface area (Å²) in [6.45, 7) is 2.86. The zero-order valence-electron chi connectivity index (χ0n) is 15.8. The van der Waals surface area contributed by atoms with Gasteiger partial charge in [0, 0.05) is 12.7 Å². The summed E-state index contributed by atoms with van der Waals surface area (Å²) in [4.78, 5) is 50.3. The number of thioether (sulfide) groups is 1. The normalized spacial score (nSPS) is 28.6. The number of carbonyl (C=O) groups excluding carboxylic acids is 4. The Kier molecular flexibility index (Phi) is 5.64. The first kappa shape index (κ1) is 20.2. The highest BCUT2D eigenvalue weighted by atomic mass is 32.2. The lowest BCUT2D eigenvalue weighted by atomic mass is 9.90. The fourth-order valence-corrected chi connectivity index (χ4v) is 5.07. The summed E-state index contributed by atoms with van der Waals surface area (Å²) in [5.74, 6) is -1.57. The van der Waals surface area contributed by atoms with Crippen LogP contribution in [0.25, 0.3) is 0 Å². The first-order chi connectivity index (χ1) is 13.3. The Morgan fingerprint density at radius 2 is 1.96 bits per heavy atom. The molecule has 28 heavy (non-hydrogen) atoms. The molecule has 8 nitrogen and oxygen atoms in total.